The monoisotopic (exact) mass is 286 g/mol. The molecule has 16 heavy (non-hydrogen) atoms. The Balaban J connectivity index is 2.26. The summed E-state index contributed by atoms with van der Waals surface area (Å²) in [6.07, 6.45) is 3.23. The highest BCUT2D eigenvalue weighted by Crippen LogP contribution is 2.23. The predicted octanol–water partition coefficient (Wildman–Crippen LogP) is 1.17. The van der Waals surface area contributed by atoms with Gasteiger partial charge >= 0.3 is 0 Å². The molecule has 2 rings (SSSR count). The third-order valence-electron chi connectivity index (χ3n) is 2.80. The maximum atomic E-state index is 9.32. The molecule has 1 unspecified atom stereocenters. The first-order valence-electron chi connectivity index (χ1n) is 5.38. The van der Waals surface area contributed by atoms with Gasteiger partial charge < -0.3 is 15.7 Å². The van der Waals surface area contributed by atoms with Crippen molar-refractivity contribution in [2.45, 2.75) is 25.3 Å². The number of piperidine rings is 1. The summed E-state index contributed by atoms with van der Waals surface area (Å²) in [6, 6.07) is 1.78. The molecule has 1 aliphatic rings. The van der Waals surface area contributed by atoms with Gasteiger partial charge in [-0.15, -0.1) is 0 Å². The molecule has 0 aromatic carbocycles. The zero-order valence-corrected chi connectivity index (χ0v) is 10.5. The van der Waals surface area contributed by atoms with Crippen LogP contribution in [0.4, 0.5) is 11.8 Å². The van der Waals surface area contributed by atoms with Crippen molar-refractivity contribution in [1.82, 2.24) is 9.97 Å². The first kappa shape index (κ1) is 11.6. The van der Waals surface area contributed by atoms with E-state index >= 15 is 0 Å². The third kappa shape index (κ3) is 2.44. The molecule has 0 spiro atoms. The van der Waals surface area contributed by atoms with E-state index in [1.165, 1.54) is 0 Å². The topological polar surface area (TPSA) is 75.3 Å². The van der Waals surface area contributed by atoms with E-state index in [-0.39, 0.29) is 12.6 Å². The Hall–Kier alpha value is -0.880. The number of aliphatic hydroxyl groups is 1. The Kier molecular flexibility index (Phi) is 3.60. The number of nitrogen functional groups attached to an aromatic ring is 1. The van der Waals surface area contributed by atoms with Crippen LogP contribution in [-0.4, -0.2) is 34.3 Å². The fourth-order valence-corrected chi connectivity index (χ4v) is 2.40. The molecule has 1 aliphatic heterocycles. The Morgan fingerprint density at radius 3 is 3.00 bits per heavy atom. The smallest absolute Gasteiger partial charge is 0.228 e. The number of aromatic nitrogens is 2. The summed E-state index contributed by atoms with van der Waals surface area (Å²) in [6.45, 7) is 1.01. The summed E-state index contributed by atoms with van der Waals surface area (Å²) in [5, 5.41) is 9.32. The number of aliphatic hydroxyl groups excluding tert-OH is 1. The SMILES string of the molecule is Nc1cc(Br)nc(N2CCCCC2CO)n1. The van der Waals surface area contributed by atoms with Crippen LogP contribution in [0.15, 0.2) is 10.7 Å². The average Bonchev–Trinajstić information content (AvgIpc) is 2.27. The fraction of sp³-hybridized carbons (Fsp3) is 0.600. The van der Waals surface area contributed by atoms with Gasteiger partial charge in [-0.25, -0.2) is 4.98 Å². The Morgan fingerprint density at radius 2 is 2.31 bits per heavy atom. The van der Waals surface area contributed by atoms with Crippen molar-refractivity contribution < 1.29 is 5.11 Å². The summed E-state index contributed by atoms with van der Waals surface area (Å²) in [5.41, 5.74) is 5.68. The maximum absolute atomic E-state index is 9.32. The molecule has 1 atom stereocenters. The Bertz CT molecular complexity index is 354. The number of hydrogen-bond donors (Lipinski definition) is 2. The Labute approximate surface area is 103 Å². The van der Waals surface area contributed by atoms with Crippen molar-refractivity contribution in [3.05, 3.63) is 10.7 Å². The highest BCUT2D eigenvalue weighted by molar-refractivity contribution is 9.10. The summed E-state index contributed by atoms with van der Waals surface area (Å²) in [7, 11) is 0. The van der Waals surface area contributed by atoms with Crippen LogP contribution in [0.25, 0.3) is 0 Å². The number of rotatable bonds is 2. The normalized spacial score (nSPS) is 21.1. The van der Waals surface area contributed by atoms with E-state index in [0.717, 1.165) is 25.8 Å². The first-order chi connectivity index (χ1) is 7.70. The largest absolute Gasteiger partial charge is 0.394 e. The molecule has 3 N–H and O–H groups in total. The number of halogens is 1. The van der Waals surface area contributed by atoms with Gasteiger partial charge in [0.1, 0.15) is 10.4 Å². The van der Waals surface area contributed by atoms with E-state index in [4.69, 9.17) is 5.73 Å². The highest BCUT2D eigenvalue weighted by Gasteiger charge is 2.24. The molecule has 1 aromatic rings. The summed E-state index contributed by atoms with van der Waals surface area (Å²) in [4.78, 5) is 10.5. The molecule has 1 fully saturated rings. The minimum atomic E-state index is 0.113. The summed E-state index contributed by atoms with van der Waals surface area (Å²) < 4.78 is 0.678. The molecule has 0 amide bonds. The highest BCUT2D eigenvalue weighted by atomic mass is 79.9. The molecular weight excluding hydrogens is 272 g/mol. The van der Waals surface area contributed by atoms with Crippen molar-refractivity contribution in [2.24, 2.45) is 0 Å². The lowest BCUT2D eigenvalue weighted by atomic mass is 10.0. The maximum Gasteiger partial charge on any atom is 0.228 e. The lowest BCUT2D eigenvalue weighted by Gasteiger charge is -2.34. The van der Waals surface area contributed by atoms with E-state index in [2.05, 4.69) is 25.9 Å². The first-order valence-corrected chi connectivity index (χ1v) is 6.17. The van der Waals surface area contributed by atoms with Crippen molar-refractivity contribution >= 4 is 27.7 Å². The van der Waals surface area contributed by atoms with Gasteiger partial charge in [-0.3, -0.25) is 0 Å². The number of nitrogens with zero attached hydrogens (tertiary/aromatic N) is 3. The second kappa shape index (κ2) is 4.97. The standard InChI is InChI=1S/C10H15BrN4O/c11-8-5-9(12)14-10(13-8)15-4-2-1-3-7(15)6-16/h5,7,16H,1-4,6H2,(H2,12,13,14). The van der Waals surface area contributed by atoms with Crippen molar-refractivity contribution in [1.29, 1.82) is 0 Å². The van der Waals surface area contributed by atoms with Crippen LogP contribution >= 0.6 is 15.9 Å². The van der Waals surface area contributed by atoms with Crippen molar-refractivity contribution in [3.8, 4) is 0 Å². The minimum absolute atomic E-state index is 0.113. The number of hydrogen-bond acceptors (Lipinski definition) is 5. The van der Waals surface area contributed by atoms with E-state index < -0.39 is 0 Å². The van der Waals surface area contributed by atoms with Gasteiger partial charge in [-0.1, -0.05) is 0 Å². The van der Waals surface area contributed by atoms with Crippen molar-refractivity contribution in [3.63, 3.8) is 0 Å². The minimum Gasteiger partial charge on any atom is -0.394 e. The average molecular weight is 287 g/mol. The fourth-order valence-electron chi connectivity index (χ4n) is 2.00. The van der Waals surface area contributed by atoms with E-state index in [0.29, 0.717) is 16.4 Å². The van der Waals surface area contributed by atoms with Crippen molar-refractivity contribution in [2.75, 3.05) is 23.8 Å². The molecular formula is C10H15BrN4O. The van der Waals surface area contributed by atoms with E-state index in [9.17, 15) is 5.11 Å². The van der Waals surface area contributed by atoms with E-state index in [1.54, 1.807) is 6.07 Å². The van der Waals surface area contributed by atoms with Gasteiger partial charge in [0, 0.05) is 12.6 Å². The van der Waals surface area contributed by atoms with E-state index in [1.807, 2.05) is 4.90 Å². The third-order valence-corrected chi connectivity index (χ3v) is 3.20. The number of nitrogens with two attached hydrogens (primary N) is 1. The molecule has 6 heteroatoms. The van der Waals surface area contributed by atoms with Gasteiger partial charge in [-0.05, 0) is 35.2 Å². The molecule has 0 aliphatic carbocycles. The summed E-state index contributed by atoms with van der Waals surface area (Å²) in [5.74, 6) is 1.05. The molecule has 2 heterocycles. The molecule has 88 valence electrons. The van der Waals surface area contributed by atoms with Crippen LogP contribution in [-0.2, 0) is 0 Å². The summed E-state index contributed by atoms with van der Waals surface area (Å²) >= 11 is 3.30. The van der Waals surface area contributed by atoms with Gasteiger partial charge in [-0.2, -0.15) is 4.98 Å². The van der Waals surface area contributed by atoms with Crippen LogP contribution in [0.2, 0.25) is 0 Å². The van der Waals surface area contributed by atoms with Gasteiger partial charge in [0.05, 0.1) is 12.6 Å². The zero-order valence-electron chi connectivity index (χ0n) is 8.93. The molecule has 1 saturated heterocycles. The molecule has 5 nitrogen and oxygen atoms in total. The molecule has 0 radical (unpaired) electrons. The van der Waals surface area contributed by atoms with Crippen LogP contribution < -0.4 is 10.6 Å². The van der Waals surface area contributed by atoms with Gasteiger partial charge in [0.15, 0.2) is 0 Å². The zero-order chi connectivity index (χ0) is 11.5. The molecule has 1 aromatic heterocycles. The van der Waals surface area contributed by atoms with Crippen LogP contribution in [0, 0.1) is 0 Å². The van der Waals surface area contributed by atoms with Gasteiger partial charge in [0.2, 0.25) is 5.95 Å². The van der Waals surface area contributed by atoms with Crippen LogP contribution in [0.5, 0.6) is 0 Å². The number of anilines is 2. The molecule has 0 bridgehead atoms. The lowest BCUT2D eigenvalue weighted by Crippen LogP contribution is -2.43. The van der Waals surface area contributed by atoms with Crippen LogP contribution in [0.3, 0.4) is 0 Å². The second-order valence-corrected chi connectivity index (χ2v) is 4.75. The predicted molar refractivity (Wildman–Crippen MR) is 66.2 cm³/mol. The van der Waals surface area contributed by atoms with Gasteiger partial charge in [0.25, 0.3) is 0 Å². The second-order valence-electron chi connectivity index (χ2n) is 3.94. The quantitative estimate of drug-likeness (QED) is 0.799. The Morgan fingerprint density at radius 1 is 1.50 bits per heavy atom. The van der Waals surface area contributed by atoms with Crippen LogP contribution in [0.1, 0.15) is 19.3 Å². The lowest BCUT2D eigenvalue weighted by molar-refractivity contribution is 0.239. The molecule has 0 saturated carbocycles.